The fourth-order valence-electron chi connectivity index (χ4n) is 3.86. The maximum atomic E-state index is 14.7. The second kappa shape index (κ2) is 8.38. The van der Waals surface area contributed by atoms with Crippen LogP contribution >= 0.6 is 12.2 Å². The van der Waals surface area contributed by atoms with Crippen molar-refractivity contribution in [2.24, 2.45) is 0 Å². The van der Waals surface area contributed by atoms with E-state index in [0.717, 1.165) is 18.4 Å². The molecular formula is C23H27FN4O3S. The highest BCUT2D eigenvalue weighted by molar-refractivity contribution is 7.80. The van der Waals surface area contributed by atoms with E-state index in [1.165, 1.54) is 15.2 Å². The number of nitrogens with zero attached hydrogens (tertiary/aromatic N) is 3. The minimum absolute atomic E-state index is 0.0953. The lowest BCUT2D eigenvalue weighted by Gasteiger charge is -2.23. The number of fused-ring (bicyclic) bond motifs is 1. The quantitative estimate of drug-likeness (QED) is 0.471. The first-order valence-electron chi connectivity index (χ1n) is 10.6. The summed E-state index contributed by atoms with van der Waals surface area (Å²) in [5.74, 6) is -0.383. The number of rotatable bonds is 7. The molecule has 0 spiro atoms. The third-order valence-electron chi connectivity index (χ3n) is 5.87. The van der Waals surface area contributed by atoms with E-state index in [1.54, 1.807) is 26.1 Å². The van der Waals surface area contributed by atoms with E-state index in [2.05, 4.69) is 10.3 Å². The number of pyridine rings is 1. The number of thiocarbonyl (C=S) groups is 1. The molecule has 0 radical (unpaired) electrons. The van der Waals surface area contributed by atoms with Crippen LogP contribution in [0.3, 0.4) is 0 Å². The highest BCUT2D eigenvalue weighted by Gasteiger charge is 2.28. The van der Waals surface area contributed by atoms with Crippen LogP contribution in [0.1, 0.15) is 37.8 Å². The summed E-state index contributed by atoms with van der Waals surface area (Å²) in [5.41, 5.74) is 2.23. The number of hydrogen-bond donors (Lipinski definition) is 3. The molecule has 170 valence electrons. The molecule has 0 unspecified atom stereocenters. The van der Waals surface area contributed by atoms with Crippen molar-refractivity contribution < 1.29 is 14.6 Å². The van der Waals surface area contributed by atoms with Gasteiger partial charge in [-0.1, -0.05) is 12.2 Å². The summed E-state index contributed by atoms with van der Waals surface area (Å²) in [6, 6.07) is 5.29. The van der Waals surface area contributed by atoms with Crippen LogP contribution in [0, 0.1) is 12.7 Å². The third-order valence-corrected chi connectivity index (χ3v) is 6.21. The summed E-state index contributed by atoms with van der Waals surface area (Å²) in [5, 5.41) is 22.5. The average molecular weight is 459 g/mol. The van der Waals surface area contributed by atoms with E-state index < -0.39 is 5.54 Å². The predicted molar refractivity (Wildman–Crippen MR) is 125 cm³/mol. The molecule has 3 aromatic rings. The molecule has 1 aromatic carbocycles. The smallest absolute Gasteiger partial charge is 0.330 e. The molecule has 0 bridgehead atoms. The second-order valence-corrected chi connectivity index (χ2v) is 9.33. The van der Waals surface area contributed by atoms with Crippen LogP contribution in [0.15, 0.2) is 29.2 Å². The first-order valence-corrected chi connectivity index (χ1v) is 11.0. The van der Waals surface area contributed by atoms with Crippen molar-refractivity contribution in [3.63, 3.8) is 0 Å². The van der Waals surface area contributed by atoms with Crippen molar-refractivity contribution in [1.29, 1.82) is 0 Å². The lowest BCUT2D eigenvalue weighted by Crippen LogP contribution is -2.40. The highest BCUT2D eigenvalue weighted by atomic mass is 32.1. The van der Waals surface area contributed by atoms with Crippen molar-refractivity contribution in [3.05, 3.63) is 51.8 Å². The topological polar surface area (TPSA) is 92.3 Å². The molecule has 1 aliphatic carbocycles. The van der Waals surface area contributed by atoms with Crippen LogP contribution in [0.4, 0.5) is 4.39 Å². The van der Waals surface area contributed by atoms with Crippen molar-refractivity contribution in [3.8, 4) is 11.1 Å². The number of benzene rings is 1. The van der Waals surface area contributed by atoms with Crippen molar-refractivity contribution in [1.82, 2.24) is 19.4 Å². The normalized spacial score (nSPS) is 14.2. The largest absolute Gasteiger partial charge is 0.395 e. The molecule has 4 rings (SSSR count). The number of hydrogen-bond acceptors (Lipinski definition) is 5. The fraction of sp³-hybridized carbons (Fsp3) is 0.435. The van der Waals surface area contributed by atoms with Crippen LogP contribution in [0.25, 0.3) is 22.3 Å². The zero-order chi connectivity index (χ0) is 23.2. The molecule has 2 aromatic heterocycles. The van der Waals surface area contributed by atoms with Crippen LogP contribution in [-0.4, -0.2) is 48.6 Å². The number of halogens is 1. The maximum Gasteiger partial charge on any atom is 0.330 e. The van der Waals surface area contributed by atoms with Crippen LogP contribution in [0.2, 0.25) is 0 Å². The molecular weight excluding hydrogens is 431 g/mol. The number of aromatic nitrogens is 3. The van der Waals surface area contributed by atoms with Gasteiger partial charge in [-0.15, -0.1) is 0 Å². The summed E-state index contributed by atoms with van der Waals surface area (Å²) < 4.78 is 17.6. The van der Waals surface area contributed by atoms with Crippen LogP contribution in [-0.2, 0) is 12.1 Å². The summed E-state index contributed by atoms with van der Waals surface area (Å²) in [6.07, 6.45) is 3.70. The van der Waals surface area contributed by atoms with Gasteiger partial charge in [0.25, 0.3) is 0 Å². The Bertz CT molecular complexity index is 1260. The maximum absolute atomic E-state index is 14.7. The molecule has 1 saturated carbocycles. The van der Waals surface area contributed by atoms with Crippen LogP contribution < -0.4 is 11.0 Å². The number of aliphatic hydroxyl groups excluding tert-OH is 2. The molecule has 0 aliphatic heterocycles. The molecule has 0 atom stereocenters. The van der Waals surface area contributed by atoms with Gasteiger partial charge in [0, 0.05) is 23.4 Å². The molecule has 2 heterocycles. The van der Waals surface area contributed by atoms with E-state index >= 15 is 0 Å². The van der Waals surface area contributed by atoms with E-state index in [1.807, 2.05) is 13.0 Å². The molecule has 0 amide bonds. The Balaban J connectivity index is 1.88. The van der Waals surface area contributed by atoms with Gasteiger partial charge in [-0.25, -0.2) is 14.2 Å². The van der Waals surface area contributed by atoms with Gasteiger partial charge < -0.3 is 15.5 Å². The average Bonchev–Trinajstić information content (AvgIpc) is 3.51. The van der Waals surface area contributed by atoms with Crippen LogP contribution in [0.5, 0.6) is 0 Å². The molecule has 1 aliphatic rings. The van der Waals surface area contributed by atoms with E-state index in [0.29, 0.717) is 38.9 Å². The summed E-state index contributed by atoms with van der Waals surface area (Å²) in [7, 11) is 0. The SMILES string of the molecule is Cc1cc(F)c(C(=S)NC2CC2)cc1-c1cnc2c(c1)n(CCO)c(=O)n2C(C)(C)CO. The van der Waals surface area contributed by atoms with Gasteiger partial charge in [-0.05, 0) is 62.9 Å². The Morgan fingerprint density at radius 1 is 1.31 bits per heavy atom. The Morgan fingerprint density at radius 2 is 2.03 bits per heavy atom. The Kier molecular flexibility index (Phi) is 5.91. The Morgan fingerprint density at radius 3 is 2.66 bits per heavy atom. The van der Waals surface area contributed by atoms with Crippen molar-refractivity contribution in [2.75, 3.05) is 13.2 Å². The zero-order valence-electron chi connectivity index (χ0n) is 18.4. The van der Waals surface area contributed by atoms with Gasteiger partial charge in [-0.2, -0.15) is 0 Å². The molecule has 32 heavy (non-hydrogen) atoms. The highest BCUT2D eigenvalue weighted by Crippen LogP contribution is 2.30. The molecule has 1 fully saturated rings. The van der Waals surface area contributed by atoms with Gasteiger partial charge in [0.2, 0.25) is 0 Å². The minimum atomic E-state index is -0.871. The number of imidazole rings is 1. The molecule has 7 nitrogen and oxygen atoms in total. The van der Waals surface area contributed by atoms with Gasteiger partial charge in [0.1, 0.15) is 10.8 Å². The lowest BCUT2D eigenvalue weighted by atomic mass is 9.98. The summed E-state index contributed by atoms with van der Waals surface area (Å²) >= 11 is 5.42. The molecule has 9 heteroatoms. The number of aliphatic hydroxyl groups is 2. The minimum Gasteiger partial charge on any atom is -0.395 e. The third kappa shape index (κ3) is 3.96. The Labute approximate surface area is 190 Å². The van der Waals surface area contributed by atoms with Gasteiger partial charge in [-0.3, -0.25) is 9.13 Å². The first kappa shape index (κ1) is 22.6. The zero-order valence-corrected chi connectivity index (χ0v) is 19.2. The molecule has 0 saturated heterocycles. The summed E-state index contributed by atoms with van der Waals surface area (Å²) in [6.45, 7) is 4.93. The Hall–Kier alpha value is -2.62. The number of nitrogens with one attached hydrogen (secondary N) is 1. The second-order valence-electron chi connectivity index (χ2n) is 8.93. The number of aryl methyl sites for hydroxylation is 1. The molecule has 3 N–H and O–H groups in total. The monoisotopic (exact) mass is 458 g/mol. The fourth-order valence-corrected chi connectivity index (χ4v) is 4.18. The van der Waals surface area contributed by atoms with E-state index in [4.69, 9.17) is 12.2 Å². The van der Waals surface area contributed by atoms with Gasteiger partial charge >= 0.3 is 5.69 Å². The lowest BCUT2D eigenvalue weighted by molar-refractivity contribution is 0.163. The van der Waals surface area contributed by atoms with Gasteiger partial charge in [0.15, 0.2) is 5.65 Å². The first-order chi connectivity index (χ1) is 15.2. The van der Waals surface area contributed by atoms with Gasteiger partial charge in [0.05, 0.1) is 30.8 Å². The van der Waals surface area contributed by atoms with E-state index in [9.17, 15) is 19.4 Å². The predicted octanol–water partition coefficient (Wildman–Crippen LogP) is 2.46. The summed E-state index contributed by atoms with van der Waals surface area (Å²) in [4.78, 5) is 18.0. The van der Waals surface area contributed by atoms with Crippen molar-refractivity contribution in [2.45, 2.75) is 51.7 Å². The van der Waals surface area contributed by atoms with Crippen molar-refractivity contribution >= 4 is 28.4 Å². The standard InChI is InChI=1S/C23H27FN4O3S/c1-13-8-18(24)17(21(32)26-15-4-5-15)10-16(13)14-9-19-20(25-11-14)28(23(2,3)12-30)22(31)27(19)6-7-29/h8-11,15,29-30H,4-7,12H2,1-3H3,(H,26,32). The van der Waals surface area contributed by atoms with E-state index in [-0.39, 0.29) is 31.3 Å².